The number of pyridine rings is 1. The van der Waals surface area contributed by atoms with Crippen molar-refractivity contribution in [3.8, 4) is 0 Å². The van der Waals surface area contributed by atoms with Gasteiger partial charge in [0, 0.05) is 12.4 Å². The van der Waals surface area contributed by atoms with Gasteiger partial charge in [-0.3, -0.25) is 4.98 Å². The Labute approximate surface area is 96.0 Å². The van der Waals surface area contributed by atoms with Gasteiger partial charge in [0.1, 0.15) is 6.04 Å². The second-order valence-corrected chi connectivity index (χ2v) is 3.43. The summed E-state index contributed by atoms with van der Waals surface area (Å²) in [5.74, 6) is -0.246. The van der Waals surface area contributed by atoms with Crippen molar-refractivity contribution >= 4 is 5.97 Å². The van der Waals surface area contributed by atoms with Gasteiger partial charge in [0.2, 0.25) is 0 Å². The lowest BCUT2D eigenvalue weighted by molar-refractivity contribution is -0.145. The Morgan fingerprint density at radius 1 is 1.56 bits per heavy atom. The van der Waals surface area contributed by atoms with Gasteiger partial charge < -0.3 is 10.1 Å². The number of aromatic nitrogens is 1. The second-order valence-electron chi connectivity index (χ2n) is 3.43. The third-order valence-corrected chi connectivity index (χ3v) is 2.14. The van der Waals surface area contributed by atoms with Crippen molar-refractivity contribution in [1.29, 1.82) is 0 Å². The van der Waals surface area contributed by atoms with Crippen molar-refractivity contribution in [2.45, 2.75) is 26.3 Å². The van der Waals surface area contributed by atoms with E-state index >= 15 is 0 Å². The molecule has 1 aromatic rings. The van der Waals surface area contributed by atoms with Crippen molar-refractivity contribution in [3.05, 3.63) is 30.1 Å². The first-order valence-corrected chi connectivity index (χ1v) is 5.59. The van der Waals surface area contributed by atoms with Crippen LogP contribution < -0.4 is 5.32 Å². The van der Waals surface area contributed by atoms with Gasteiger partial charge in [0.05, 0.1) is 6.61 Å². The number of hydrogen-bond acceptors (Lipinski definition) is 4. The van der Waals surface area contributed by atoms with Crippen LogP contribution in [0.5, 0.6) is 0 Å². The van der Waals surface area contributed by atoms with Crippen LogP contribution >= 0.6 is 0 Å². The smallest absolute Gasteiger partial charge is 0.327 e. The Kier molecular flexibility index (Phi) is 5.50. The fourth-order valence-electron chi connectivity index (χ4n) is 1.40. The van der Waals surface area contributed by atoms with E-state index in [0.29, 0.717) is 6.61 Å². The van der Waals surface area contributed by atoms with E-state index in [1.807, 2.05) is 12.1 Å². The summed E-state index contributed by atoms with van der Waals surface area (Å²) in [7, 11) is 0. The SMILES string of the molecule is CCCNC(C(=O)OCC)c1cccnc1. The average molecular weight is 222 g/mol. The fourth-order valence-corrected chi connectivity index (χ4v) is 1.40. The molecule has 0 spiro atoms. The molecule has 16 heavy (non-hydrogen) atoms. The summed E-state index contributed by atoms with van der Waals surface area (Å²) in [6.45, 7) is 5.03. The summed E-state index contributed by atoms with van der Waals surface area (Å²) < 4.78 is 5.03. The first kappa shape index (κ1) is 12.6. The van der Waals surface area contributed by atoms with Crippen molar-refractivity contribution in [2.75, 3.05) is 13.2 Å². The highest BCUT2D eigenvalue weighted by molar-refractivity contribution is 5.77. The minimum absolute atomic E-state index is 0.246. The van der Waals surface area contributed by atoms with E-state index in [0.717, 1.165) is 18.5 Å². The number of carbonyl (C=O) groups is 1. The minimum Gasteiger partial charge on any atom is -0.465 e. The highest BCUT2D eigenvalue weighted by Crippen LogP contribution is 2.13. The predicted molar refractivity (Wildman–Crippen MR) is 61.9 cm³/mol. The number of esters is 1. The van der Waals surface area contributed by atoms with Gasteiger partial charge in [-0.15, -0.1) is 0 Å². The quantitative estimate of drug-likeness (QED) is 0.744. The standard InChI is InChI=1S/C12H18N2O2/c1-3-7-14-11(12(15)16-4-2)10-6-5-8-13-9-10/h5-6,8-9,11,14H,3-4,7H2,1-2H3. The van der Waals surface area contributed by atoms with Crippen molar-refractivity contribution in [1.82, 2.24) is 10.3 Å². The second kappa shape index (κ2) is 6.95. The Hall–Kier alpha value is -1.42. The molecule has 0 saturated heterocycles. The highest BCUT2D eigenvalue weighted by Gasteiger charge is 2.20. The fraction of sp³-hybridized carbons (Fsp3) is 0.500. The summed E-state index contributed by atoms with van der Waals surface area (Å²) in [6, 6.07) is 3.28. The van der Waals surface area contributed by atoms with Crippen molar-refractivity contribution in [3.63, 3.8) is 0 Å². The number of hydrogen-bond donors (Lipinski definition) is 1. The molecule has 0 radical (unpaired) electrons. The minimum atomic E-state index is -0.409. The van der Waals surface area contributed by atoms with Gasteiger partial charge in [-0.1, -0.05) is 13.0 Å². The molecule has 0 aliphatic carbocycles. The average Bonchev–Trinajstić information content (AvgIpc) is 2.31. The molecular formula is C12H18N2O2. The van der Waals surface area contributed by atoms with Crippen LogP contribution in [-0.2, 0) is 9.53 Å². The zero-order valence-corrected chi connectivity index (χ0v) is 9.77. The van der Waals surface area contributed by atoms with Gasteiger partial charge in [0.15, 0.2) is 0 Å². The first-order chi connectivity index (χ1) is 7.79. The van der Waals surface area contributed by atoms with Gasteiger partial charge in [-0.05, 0) is 31.5 Å². The van der Waals surface area contributed by atoms with E-state index in [1.165, 1.54) is 0 Å². The largest absolute Gasteiger partial charge is 0.465 e. The summed E-state index contributed by atoms with van der Waals surface area (Å²) in [6.07, 6.45) is 4.34. The number of rotatable bonds is 6. The van der Waals surface area contributed by atoms with Crippen LogP contribution in [-0.4, -0.2) is 24.1 Å². The van der Waals surface area contributed by atoms with Gasteiger partial charge in [0.25, 0.3) is 0 Å². The maximum Gasteiger partial charge on any atom is 0.327 e. The molecule has 0 saturated carbocycles. The van der Waals surface area contributed by atoms with E-state index in [-0.39, 0.29) is 5.97 Å². The molecule has 0 fully saturated rings. The molecule has 4 heteroatoms. The van der Waals surface area contributed by atoms with Gasteiger partial charge >= 0.3 is 5.97 Å². The molecule has 1 heterocycles. The Morgan fingerprint density at radius 3 is 2.94 bits per heavy atom. The maximum absolute atomic E-state index is 11.7. The third kappa shape index (κ3) is 3.62. The monoisotopic (exact) mass is 222 g/mol. The topological polar surface area (TPSA) is 51.2 Å². The number of carbonyl (C=O) groups excluding carboxylic acids is 1. The summed E-state index contributed by atoms with van der Waals surface area (Å²) in [5.41, 5.74) is 0.842. The summed E-state index contributed by atoms with van der Waals surface area (Å²) in [5, 5.41) is 3.16. The van der Waals surface area contributed by atoms with Crippen molar-refractivity contribution < 1.29 is 9.53 Å². The number of nitrogens with zero attached hydrogens (tertiary/aromatic N) is 1. The molecule has 4 nitrogen and oxygen atoms in total. The molecule has 0 amide bonds. The molecule has 1 unspecified atom stereocenters. The van der Waals surface area contributed by atoms with Crippen LogP contribution in [0.2, 0.25) is 0 Å². The van der Waals surface area contributed by atoms with E-state index in [9.17, 15) is 4.79 Å². The normalized spacial score (nSPS) is 12.1. The zero-order valence-electron chi connectivity index (χ0n) is 9.77. The lowest BCUT2D eigenvalue weighted by atomic mass is 10.1. The molecule has 0 bridgehead atoms. The van der Waals surface area contributed by atoms with Gasteiger partial charge in [-0.2, -0.15) is 0 Å². The first-order valence-electron chi connectivity index (χ1n) is 5.59. The van der Waals surface area contributed by atoms with Crippen LogP contribution in [0.25, 0.3) is 0 Å². The molecule has 1 atom stereocenters. The molecule has 0 aliphatic rings. The summed E-state index contributed by atoms with van der Waals surface area (Å²) >= 11 is 0. The molecule has 88 valence electrons. The maximum atomic E-state index is 11.7. The molecule has 1 aromatic heterocycles. The number of ether oxygens (including phenoxy) is 1. The van der Waals surface area contributed by atoms with Crippen molar-refractivity contribution in [2.24, 2.45) is 0 Å². The summed E-state index contributed by atoms with van der Waals surface area (Å²) in [4.78, 5) is 15.7. The molecule has 1 rings (SSSR count). The van der Waals surface area contributed by atoms with Crippen LogP contribution in [0.15, 0.2) is 24.5 Å². The van der Waals surface area contributed by atoms with Crippen LogP contribution in [0.1, 0.15) is 31.9 Å². The van der Waals surface area contributed by atoms with E-state index in [1.54, 1.807) is 19.3 Å². The Bertz CT molecular complexity index is 314. The van der Waals surface area contributed by atoms with Crippen LogP contribution in [0.4, 0.5) is 0 Å². The number of nitrogens with one attached hydrogen (secondary N) is 1. The van der Waals surface area contributed by atoms with E-state index < -0.39 is 6.04 Å². The highest BCUT2D eigenvalue weighted by atomic mass is 16.5. The molecule has 0 aromatic carbocycles. The molecule has 1 N–H and O–H groups in total. The van der Waals surface area contributed by atoms with Crippen LogP contribution in [0, 0.1) is 0 Å². The van der Waals surface area contributed by atoms with Gasteiger partial charge in [-0.25, -0.2) is 4.79 Å². The lowest BCUT2D eigenvalue weighted by Crippen LogP contribution is -2.30. The lowest BCUT2D eigenvalue weighted by Gasteiger charge is -2.16. The Balaban J connectivity index is 2.74. The van der Waals surface area contributed by atoms with E-state index in [4.69, 9.17) is 4.74 Å². The third-order valence-electron chi connectivity index (χ3n) is 2.14. The molecule has 0 aliphatic heterocycles. The van der Waals surface area contributed by atoms with Crippen LogP contribution in [0.3, 0.4) is 0 Å². The zero-order chi connectivity index (χ0) is 11.8. The molecular weight excluding hydrogens is 204 g/mol. The van der Waals surface area contributed by atoms with E-state index in [2.05, 4.69) is 17.2 Å². The predicted octanol–water partition coefficient (Wildman–Crippen LogP) is 1.69. The Morgan fingerprint density at radius 2 is 2.38 bits per heavy atom.